The van der Waals surface area contributed by atoms with Crippen LogP contribution < -0.4 is 15.0 Å². The number of halogens is 1. The topological polar surface area (TPSA) is 82.9 Å². The Morgan fingerprint density at radius 1 is 1.18 bits per heavy atom. The van der Waals surface area contributed by atoms with Gasteiger partial charge in [-0.25, -0.2) is 9.18 Å². The minimum atomic E-state index is -1.38. The summed E-state index contributed by atoms with van der Waals surface area (Å²) in [6.45, 7) is 8.28. The molecule has 0 spiro atoms. The van der Waals surface area contributed by atoms with E-state index in [1.807, 2.05) is 24.4 Å². The van der Waals surface area contributed by atoms with E-state index in [0.717, 1.165) is 29.4 Å². The monoisotopic (exact) mass is 525 g/mol. The Kier molecular flexibility index (Phi) is 8.23. The van der Waals surface area contributed by atoms with E-state index in [1.54, 1.807) is 43.8 Å². The second kappa shape index (κ2) is 11.4. The molecule has 4 rings (SSSR count). The number of hydrogen-bond donors (Lipinski definition) is 0. The lowest BCUT2D eigenvalue weighted by atomic mass is 10.0. The molecule has 2 aromatic heterocycles. The van der Waals surface area contributed by atoms with Gasteiger partial charge in [0, 0.05) is 43.7 Å². The van der Waals surface area contributed by atoms with Gasteiger partial charge in [-0.2, -0.15) is 0 Å². The largest absolute Gasteiger partial charge is 0.493 e. The van der Waals surface area contributed by atoms with E-state index in [2.05, 4.69) is 11.9 Å². The highest BCUT2D eigenvalue weighted by molar-refractivity contribution is 5.95. The number of rotatable bonds is 7. The lowest BCUT2D eigenvalue weighted by Crippen LogP contribution is -2.50. The summed E-state index contributed by atoms with van der Waals surface area (Å²) in [5.74, 6) is 0.873. The van der Waals surface area contributed by atoms with Crippen LogP contribution >= 0.6 is 0 Å². The van der Waals surface area contributed by atoms with Crippen molar-refractivity contribution in [2.45, 2.75) is 71.4 Å². The van der Waals surface area contributed by atoms with Crippen molar-refractivity contribution in [1.82, 2.24) is 14.5 Å². The minimum absolute atomic E-state index is 0.0658. The normalized spacial score (nSPS) is 17.9. The van der Waals surface area contributed by atoms with Gasteiger partial charge in [-0.15, -0.1) is 0 Å². The Morgan fingerprint density at radius 2 is 1.97 bits per heavy atom. The molecule has 1 aliphatic heterocycles. The highest BCUT2D eigenvalue weighted by atomic mass is 19.1. The number of carbonyl (C=O) groups is 1. The number of fused-ring (bicyclic) bond motifs is 1. The molecule has 8 nitrogen and oxygen atoms in total. The number of benzene rings is 1. The summed E-state index contributed by atoms with van der Waals surface area (Å²) in [5.41, 5.74) is 1.00. The first-order valence-corrected chi connectivity index (χ1v) is 13.1. The van der Waals surface area contributed by atoms with Gasteiger partial charge in [0.15, 0.2) is 17.7 Å². The Morgan fingerprint density at radius 3 is 2.66 bits per heavy atom. The van der Waals surface area contributed by atoms with E-state index in [-0.39, 0.29) is 12.1 Å². The Labute approximate surface area is 222 Å². The number of methoxy groups -OCH3 is 1. The summed E-state index contributed by atoms with van der Waals surface area (Å²) in [7, 11) is 1.54. The molecule has 2 atom stereocenters. The molecule has 0 N–H and O–H groups in total. The zero-order chi connectivity index (χ0) is 27.4. The number of amides is 1. The van der Waals surface area contributed by atoms with Crippen LogP contribution in [0.15, 0.2) is 47.7 Å². The fourth-order valence-corrected chi connectivity index (χ4v) is 4.57. The average Bonchev–Trinajstić information content (AvgIpc) is 2.89. The van der Waals surface area contributed by atoms with Gasteiger partial charge < -0.3 is 23.7 Å². The molecule has 0 unspecified atom stereocenters. The second-order valence-electron chi connectivity index (χ2n) is 10.6. The van der Waals surface area contributed by atoms with Gasteiger partial charge in [0.05, 0.1) is 19.0 Å². The van der Waals surface area contributed by atoms with Crippen molar-refractivity contribution in [3.8, 4) is 22.6 Å². The number of hydrogen-bond acceptors (Lipinski definition) is 6. The summed E-state index contributed by atoms with van der Waals surface area (Å²) >= 11 is 0. The van der Waals surface area contributed by atoms with E-state index in [4.69, 9.17) is 14.2 Å². The highest BCUT2D eigenvalue weighted by Gasteiger charge is 2.35. The van der Waals surface area contributed by atoms with Crippen LogP contribution in [0.25, 0.3) is 21.9 Å². The van der Waals surface area contributed by atoms with E-state index in [1.165, 1.54) is 12.0 Å². The van der Waals surface area contributed by atoms with Crippen LogP contribution in [-0.2, 0) is 11.3 Å². The van der Waals surface area contributed by atoms with E-state index < -0.39 is 24.0 Å². The third kappa shape index (κ3) is 6.09. The van der Waals surface area contributed by atoms with Crippen LogP contribution in [0, 0.1) is 0 Å². The molecule has 38 heavy (non-hydrogen) atoms. The molecule has 1 aliphatic rings. The second-order valence-corrected chi connectivity index (χ2v) is 10.6. The number of aromatic nitrogens is 2. The quantitative estimate of drug-likeness (QED) is 0.399. The maximum absolute atomic E-state index is 15.1. The van der Waals surface area contributed by atoms with E-state index in [0.29, 0.717) is 36.4 Å². The standard InChI is InChI=1S/C29H36FN3O5/c1-6-7-13-32-17-22(20-10-12-31-16-21(20)27(32)34)19-8-9-25(26(15-19)36-5)37-24-11-14-33(18-23(24)30)28(35)38-29(2,3)4/h8-10,12,15-17,23-24H,6-7,11,13-14,18H2,1-5H3/t23-,24-/m0/s1. The van der Waals surface area contributed by atoms with Crippen LogP contribution in [0.5, 0.6) is 11.5 Å². The smallest absolute Gasteiger partial charge is 0.410 e. The summed E-state index contributed by atoms with van der Waals surface area (Å²) in [6, 6.07) is 7.31. The summed E-state index contributed by atoms with van der Waals surface area (Å²) in [5, 5.41) is 1.35. The molecule has 0 aliphatic carbocycles. The Balaban J connectivity index is 1.58. The minimum Gasteiger partial charge on any atom is -0.493 e. The molecule has 0 bridgehead atoms. The van der Waals surface area contributed by atoms with Gasteiger partial charge in [-0.05, 0) is 56.3 Å². The lowest BCUT2D eigenvalue weighted by Gasteiger charge is -2.35. The predicted octanol–water partition coefficient (Wildman–Crippen LogP) is 5.60. The van der Waals surface area contributed by atoms with Gasteiger partial charge in [0.25, 0.3) is 5.56 Å². The molecule has 0 radical (unpaired) electrons. The third-order valence-electron chi connectivity index (χ3n) is 6.53. The molecule has 204 valence electrons. The maximum Gasteiger partial charge on any atom is 0.410 e. The zero-order valence-electron chi connectivity index (χ0n) is 22.7. The van der Waals surface area contributed by atoms with Gasteiger partial charge in [0.2, 0.25) is 0 Å². The molecule has 1 amide bonds. The first-order valence-electron chi connectivity index (χ1n) is 13.1. The number of aryl methyl sites for hydroxylation is 1. The summed E-state index contributed by atoms with van der Waals surface area (Å²) < 4.78 is 33.8. The number of pyridine rings is 2. The first-order chi connectivity index (χ1) is 18.1. The van der Waals surface area contributed by atoms with E-state index in [9.17, 15) is 9.59 Å². The number of nitrogens with zero attached hydrogens (tertiary/aromatic N) is 3. The number of likely N-dealkylation sites (tertiary alicyclic amines) is 1. The van der Waals surface area contributed by atoms with Crippen LogP contribution in [0.4, 0.5) is 9.18 Å². The molecule has 3 aromatic rings. The molecule has 0 saturated carbocycles. The van der Waals surface area contributed by atoms with Crippen molar-refractivity contribution < 1.29 is 23.4 Å². The molecule has 1 fully saturated rings. The predicted molar refractivity (Wildman–Crippen MR) is 145 cm³/mol. The Hall–Kier alpha value is -3.62. The molecule has 1 saturated heterocycles. The fourth-order valence-electron chi connectivity index (χ4n) is 4.57. The number of piperidine rings is 1. The van der Waals surface area contributed by atoms with Crippen molar-refractivity contribution in [2.75, 3.05) is 20.2 Å². The fraction of sp³-hybridized carbons (Fsp3) is 0.483. The van der Waals surface area contributed by atoms with Crippen molar-refractivity contribution >= 4 is 16.9 Å². The van der Waals surface area contributed by atoms with Gasteiger partial charge in [0.1, 0.15) is 11.7 Å². The lowest BCUT2D eigenvalue weighted by molar-refractivity contribution is -0.0110. The zero-order valence-corrected chi connectivity index (χ0v) is 22.7. The van der Waals surface area contributed by atoms with Crippen LogP contribution in [-0.4, -0.2) is 58.6 Å². The molecule has 3 heterocycles. The number of unbranched alkanes of at least 4 members (excludes halogenated alkanes) is 1. The molecule has 9 heteroatoms. The molecular weight excluding hydrogens is 489 g/mol. The van der Waals surface area contributed by atoms with Crippen LogP contribution in [0.3, 0.4) is 0 Å². The SMILES string of the molecule is CCCCn1cc(-c2ccc(O[C@H]3CCN(C(=O)OC(C)(C)C)C[C@@H]3F)c(OC)c2)c2ccncc2c1=O. The van der Waals surface area contributed by atoms with Gasteiger partial charge in [-0.3, -0.25) is 9.78 Å². The first kappa shape index (κ1) is 27.4. The number of ether oxygens (including phenoxy) is 3. The number of alkyl halides is 1. The van der Waals surface area contributed by atoms with Crippen LogP contribution in [0.2, 0.25) is 0 Å². The van der Waals surface area contributed by atoms with Crippen LogP contribution in [0.1, 0.15) is 47.0 Å². The van der Waals surface area contributed by atoms with Crippen molar-refractivity contribution in [3.63, 3.8) is 0 Å². The third-order valence-corrected chi connectivity index (χ3v) is 6.53. The number of carbonyl (C=O) groups excluding carboxylic acids is 1. The average molecular weight is 526 g/mol. The van der Waals surface area contributed by atoms with E-state index >= 15 is 4.39 Å². The van der Waals surface area contributed by atoms with Crippen molar-refractivity contribution in [2.24, 2.45) is 0 Å². The molecular formula is C29H36FN3O5. The molecule has 1 aromatic carbocycles. The maximum atomic E-state index is 15.1. The summed E-state index contributed by atoms with van der Waals surface area (Å²) in [6.07, 6.45) is 4.70. The Bertz CT molecular complexity index is 1350. The van der Waals surface area contributed by atoms with Gasteiger partial charge >= 0.3 is 6.09 Å². The van der Waals surface area contributed by atoms with Crippen molar-refractivity contribution in [1.29, 1.82) is 0 Å². The summed E-state index contributed by atoms with van der Waals surface area (Å²) in [4.78, 5) is 30.9. The van der Waals surface area contributed by atoms with Gasteiger partial charge in [-0.1, -0.05) is 19.4 Å². The highest BCUT2D eigenvalue weighted by Crippen LogP contribution is 2.36. The van der Waals surface area contributed by atoms with Crippen molar-refractivity contribution in [3.05, 3.63) is 53.2 Å².